The second kappa shape index (κ2) is 11.0. The van der Waals surface area contributed by atoms with Crippen LogP contribution in [0.3, 0.4) is 0 Å². The highest BCUT2D eigenvalue weighted by Gasteiger charge is 2.08. The summed E-state index contributed by atoms with van der Waals surface area (Å²) in [4.78, 5) is 17.2. The maximum absolute atomic E-state index is 10.1. The zero-order valence-corrected chi connectivity index (χ0v) is 8.74. The van der Waals surface area contributed by atoms with E-state index >= 15 is 0 Å². The van der Waals surface area contributed by atoms with Gasteiger partial charge in [-0.3, -0.25) is 9.36 Å². The molecule has 0 amide bonds. The van der Waals surface area contributed by atoms with Gasteiger partial charge >= 0.3 is 5.97 Å². The molecule has 5 nitrogen and oxygen atoms in total. The van der Waals surface area contributed by atoms with E-state index in [1.807, 2.05) is 6.26 Å². The Morgan fingerprint density at radius 3 is 2.42 bits per heavy atom. The Bertz CT molecular complexity index is 135. The molecule has 0 aliphatic heterocycles. The van der Waals surface area contributed by atoms with Gasteiger partial charge in [-0.1, -0.05) is 0 Å². The summed E-state index contributed by atoms with van der Waals surface area (Å²) in [6.45, 7) is 0. The lowest BCUT2D eigenvalue weighted by molar-refractivity contribution is -0.138. The topological polar surface area (TPSA) is 101 Å². The van der Waals surface area contributed by atoms with Gasteiger partial charge in [-0.2, -0.15) is 11.8 Å². The fraction of sp³-hybridized carbons (Fsp3) is 0.800. The van der Waals surface area contributed by atoms with Crippen LogP contribution in [0.2, 0.25) is 0 Å². The van der Waals surface area contributed by atoms with E-state index in [1.54, 1.807) is 11.8 Å². The standard InChI is InChI=1S/C5H11NO2S.H3O2P/c1-9-3-2-4(6)5(7)8;1-3-2/h4H,2-3,6H2,1H3,(H,7,8);3H2,(H,1,2)/t4-;/m0./s1. The van der Waals surface area contributed by atoms with Crippen molar-refractivity contribution in [2.45, 2.75) is 12.5 Å². The summed E-state index contributed by atoms with van der Waals surface area (Å²) < 4.78 is 8.57. The first-order valence-electron chi connectivity index (χ1n) is 3.15. The molecule has 7 heteroatoms. The molecule has 0 bridgehead atoms. The van der Waals surface area contributed by atoms with Crippen LogP contribution in [0.25, 0.3) is 0 Å². The molecule has 0 fully saturated rings. The van der Waals surface area contributed by atoms with Crippen molar-refractivity contribution in [1.82, 2.24) is 0 Å². The second-order valence-electron chi connectivity index (χ2n) is 1.83. The monoisotopic (exact) mass is 215 g/mol. The summed E-state index contributed by atoms with van der Waals surface area (Å²) in [5.41, 5.74) is 5.19. The lowest BCUT2D eigenvalue weighted by Crippen LogP contribution is -2.30. The molecule has 4 N–H and O–H groups in total. The molecule has 12 heavy (non-hydrogen) atoms. The maximum atomic E-state index is 10.1. The van der Waals surface area contributed by atoms with Crippen molar-refractivity contribution in [2.24, 2.45) is 5.73 Å². The van der Waals surface area contributed by atoms with E-state index < -0.39 is 20.7 Å². The zero-order valence-electron chi connectivity index (χ0n) is 6.77. The van der Waals surface area contributed by atoms with Crippen molar-refractivity contribution in [3.8, 4) is 0 Å². The molecule has 0 heterocycles. The molecule has 0 saturated heterocycles. The van der Waals surface area contributed by atoms with Gasteiger partial charge in [0.1, 0.15) is 6.04 Å². The number of rotatable bonds is 4. The van der Waals surface area contributed by atoms with Crippen LogP contribution in [0.4, 0.5) is 0 Å². The minimum atomic E-state index is -1.50. The molecule has 0 radical (unpaired) electrons. The molecule has 74 valence electrons. The van der Waals surface area contributed by atoms with Crippen LogP contribution in [-0.4, -0.2) is 34.0 Å². The third-order valence-electron chi connectivity index (χ3n) is 0.950. The fourth-order valence-corrected chi connectivity index (χ4v) is 0.858. The molecular weight excluding hydrogens is 201 g/mol. The van der Waals surface area contributed by atoms with E-state index in [-0.39, 0.29) is 0 Å². The van der Waals surface area contributed by atoms with Gasteiger partial charge in [0.2, 0.25) is 0 Å². The number of carboxylic acids is 1. The quantitative estimate of drug-likeness (QED) is 0.561. The lowest BCUT2D eigenvalue weighted by atomic mass is 10.2. The van der Waals surface area contributed by atoms with Gasteiger partial charge in [-0.05, 0) is 18.4 Å². The molecular formula is C5H14NO4PS. The largest absolute Gasteiger partial charge is 0.480 e. The first-order chi connectivity index (χ1) is 5.59. The van der Waals surface area contributed by atoms with Gasteiger partial charge < -0.3 is 15.7 Å². The van der Waals surface area contributed by atoms with Crippen LogP contribution in [-0.2, 0) is 9.36 Å². The van der Waals surface area contributed by atoms with E-state index in [4.69, 9.17) is 20.3 Å². The van der Waals surface area contributed by atoms with Crippen molar-refractivity contribution in [3.63, 3.8) is 0 Å². The van der Waals surface area contributed by atoms with E-state index in [1.165, 1.54) is 0 Å². The third-order valence-corrected chi connectivity index (χ3v) is 1.59. The molecule has 0 spiro atoms. The molecule has 0 saturated carbocycles. The number of nitrogens with two attached hydrogens (primary N) is 1. The number of hydrogen-bond acceptors (Lipinski definition) is 4. The predicted octanol–water partition coefficient (Wildman–Crippen LogP) is -0.199. The number of aliphatic carboxylic acids is 1. The summed E-state index contributed by atoms with van der Waals surface area (Å²) in [6, 6.07) is -0.683. The predicted molar refractivity (Wildman–Crippen MR) is 51.2 cm³/mol. The van der Waals surface area contributed by atoms with Gasteiger partial charge in [0, 0.05) is 0 Å². The van der Waals surface area contributed by atoms with E-state index in [0.29, 0.717) is 6.42 Å². The van der Waals surface area contributed by atoms with E-state index in [9.17, 15) is 4.79 Å². The first-order valence-corrected chi connectivity index (χ1v) is 5.53. The van der Waals surface area contributed by atoms with Crippen molar-refractivity contribution >= 4 is 26.4 Å². The molecule has 0 aromatic heterocycles. The van der Waals surface area contributed by atoms with Crippen molar-refractivity contribution in [3.05, 3.63) is 0 Å². The average molecular weight is 215 g/mol. The summed E-state index contributed by atoms with van der Waals surface area (Å²) in [5.74, 6) is -0.1000. The minimum Gasteiger partial charge on any atom is -0.480 e. The lowest BCUT2D eigenvalue weighted by Gasteiger charge is -2.02. The van der Waals surface area contributed by atoms with Gasteiger partial charge in [0.15, 0.2) is 8.69 Å². The Labute approximate surface area is 76.6 Å². The summed E-state index contributed by atoms with van der Waals surface area (Å²) in [7, 11) is -1.50. The van der Waals surface area contributed by atoms with E-state index in [2.05, 4.69) is 0 Å². The number of carbonyl (C=O) groups is 1. The van der Waals surface area contributed by atoms with Crippen molar-refractivity contribution in [2.75, 3.05) is 12.0 Å². The molecule has 2 atom stereocenters. The summed E-state index contributed by atoms with van der Waals surface area (Å²) in [6.07, 6.45) is 2.48. The maximum Gasteiger partial charge on any atom is 0.320 e. The van der Waals surface area contributed by atoms with Crippen LogP contribution in [0.1, 0.15) is 6.42 Å². The Kier molecular flexibility index (Phi) is 13.2. The summed E-state index contributed by atoms with van der Waals surface area (Å²) in [5, 5.41) is 8.27. The van der Waals surface area contributed by atoms with Crippen LogP contribution >= 0.6 is 20.4 Å². The number of thioether (sulfide) groups is 1. The highest BCUT2D eigenvalue weighted by molar-refractivity contribution is 7.98. The highest BCUT2D eigenvalue weighted by atomic mass is 32.2. The van der Waals surface area contributed by atoms with Gasteiger partial charge in [-0.25, -0.2) is 0 Å². The Morgan fingerprint density at radius 2 is 2.17 bits per heavy atom. The van der Waals surface area contributed by atoms with Gasteiger partial charge in [-0.15, -0.1) is 0 Å². The first kappa shape index (κ1) is 14.5. The molecule has 0 aromatic rings. The van der Waals surface area contributed by atoms with Gasteiger partial charge in [0.25, 0.3) is 0 Å². The van der Waals surface area contributed by atoms with Gasteiger partial charge in [0.05, 0.1) is 0 Å². The van der Waals surface area contributed by atoms with Crippen molar-refractivity contribution in [1.29, 1.82) is 0 Å². The molecule has 0 aliphatic rings. The van der Waals surface area contributed by atoms with Crippen LogP contribution < -0.4 is 5.73 Å². The van der Waals surface area contributed by atoms with Crippen LogP contribution in [0.15, 0.2) is 0 Å². The average Bonchev–Trinajstić information content (AvgIpc) is 2.01. The smallest absolute Gasteiger partial charge is 0.320 e. The Balaban J connectivity index is 0. The molecule has 0 aromatic carbocycles. The third kappa shape index (κ3) is 12.6. The number of hydrogen-bond donors (Lipinski definition) is 3. The zero-order chi connectivity index (χ0) is 9.98. The van der Waals surface area contributed by atoms with E-state index in [0.717, 1.165) is 5.75 Å². The number of carboxylic acid groups (broad SMARTS) is 1. The summed E-state index contributed by atoms with van der Waals surface area (Å²) >= 11 is 1.60. The van der Waals surface area contributed by atoms with Crippen LogP contribution in [0, 0.1) is 0 Å². The molecule has 0 rings (SSSR count). The Hall–Kier alpha value is -0.0300. The second-order valence-corrected chi connectivity index (χ2v) is 3.03. The van der Waals surface area contributed by atoms with Crippen molar-refractivity contribution < 1.29 is 19.4 Å². The fourth-order valence-electron chi connectivity index (χ4n) is 0.368. The normalized spacial score (nSPS) is 12.2. The minimum absolute atomic E-state index is 0.552. The molecule has 1 unspecified atom stereocenters. The highest BCUT2D eigenvalue weighted by Crippen LogP contribution is 1.97. The van der Waals surface area contributed by atoms with Crippen LogP contribution in [0.5, 0.6) is 0 Å². The SMILES string of the molecule is CSCC[C@H](N)C(=O)O.O=[PH2]O. The molecule has 0 aliphatic carbocycles. The Morgan fingerprint density at radius 1 is 1.75 bits per heavy atom.